The Kier molecular flexibility index (Phi) is 3.59. The van der Waals surface area contributed by atoms with Gasteiger partial charge in [-0.1, -0.05) is 133 Å². The number of phenols is 1. The molecule has 1 aromatic heterocycles. The molecule has 216 valence electrons. The van der Waals surface area contributed by atoms with Crippen molar-refractivity contribution in [3.8, 4) is 50.3 Å². The fourth-order valence-corrected chi connectivity index (χ4v) is 6.21. The van der Waals surface area contributed by atoms with E-state index in [1.165, 1.54) is 0 Å². The van der Waals surface area contributed by atoms with Crippen LogP contribution in [0.4, 0.5) is 0 Å². The van der Waals surface area contributed by atoms with E-state index in [1.54, 1.807) is 78.9 Å². The molecule has 0 aliphatic carbocycles. The zero-order valence-corrected chi connectivity index (χ0v) is 23.9. The summed E-state index contributed by atoms with van der Waals surface area (Å²) < 4.78 is 131. The fourth-order valence-electron chi connectivity index (χ4n) is 6.21. The van der Waals surface area contributed by atoms with Crippen molar-refractivity contribution in [2.24, 2.45) is 0 Å². The predicted octanol–water partition coefficient (Wildman–Crippen LogP) is 12.3. The quantitative estimate of drug-likeness (QED) is 0.203. The van der Waals surface area contributed by atoms with Crippen molar-refractivity contribution >= 4 is 43.5 Å². The Bertz CT molecular complexity index is 3290. The van der Waals surface area contributed by atoms with Gasteiger partial charge in [0, 0.05) is 10.8 Å². The first-order valence-corrected chi connectivity index (χ1v) is 14.4. The number of fused-ring (bicyclic) bond motifs is 5. The van der Waals surface area contributed by atoms with E-state index in [9.17, 15) is 9.22 Å². The molecule has 2 heteroatoms. The maximum Gasteiger partial charge on any atom is 0.136 e. The highest BCUT2D eigenvalue weighted by molar-refractivity contribution is 6.23. The molecule has 0 atom stereocenters. The minimum atomic E-state index is -0.914. The zero-order valence-electron chi connectivity index (χ0n) is 37.9. The van der Waals surface area contributed by atoms with Gasteiger partial charge in [0.25, 0.3) is 0 Å². The van der Waals surface area contributed by atoms with E-state index in [1.807, 2.05) is 0 Å². The summed E-state index contributed by atoms with van der Waals surface area (Å²) >= 11 is 0. The Morgan fingerprint density at radius 1 is 0.435 bits per heavy atom. The molecule has 0 aliphatic rings. The summed E-state index contributed by atoms with van der Waals surface area (Å²) in [5, 5.41) is 12.3. The fraction of sp³-hybridized carbons (Fsp3) is 0. The van der Waals surface area contributed by atoms with Crippen molar-refractivity contribution < 1.29 is 28.7 Å². The number of hydrogen-bond acceptors (Lipinski definition) is 2. The summed E-state index contributed by atoms with van der Waals surface area (Å²) in [6, 6.07) is 14.8. The Balaban J connectivity index is 1.51. The van der Waals surface area contributed by atoms with Crippen LogP contribution in [0.1, 0.15) is 19.2 Å². The van der Waals surface area contributed by atoms with Crippen LogP contribution in [0.3, 0.4) is 0 Å². The van der Waals surface area contributed by atoms with Crippen LogP contribution in [0.2, 0.25) is 0 Å². The van der Waals surface area contributed by atoms with E-state index in [2.05, 4.69) is 0 Å². The molecule has 2 nitrogen and oxygen atoms in total. The maximum atomic E-state index is 10.4. The summed E-state index contributed by atoms with van der Waals surface area (Å²) in [6.07, 6.45) is 0. The molecule has 8 aromatic carbocycles. The van der Waals surface area contributed by atoms with Crippen LogP contribution in [0.5, 0.6) is 5.75 Å². The van der Waals surface area contributed by atoms with E-state index in [-0.39, 0.29) is 67.9 Å². The van der Waals surface area contributed by atoms with Gasteiger partial charge in [0.2, 0.25) is 0 Å². The second-order valence-electron chi connectivity index (χ2n) is 10.7. The van der Waals surface area contributed by atoms with Crippen molar-refractivity contribution in [2.75, 3.05) is 0 Å². The largest absolute Gasteiger partial charge is 0.508 e. The van der Waals surface area contributed by atoms with Crippen molar-refractivity contribution in [3.63, 3.8) is 0 Å². The second kappa shape index (κ2) is 10.5. The molecule has 0 saturated heterocycles. The molecule has 46 heavy (non-hydrogen) atoms. The van der Waals surface area contributed by atoms with Crippen LogP contribution in [0.15, 0.2) is 168 Å². The normalized spacial score (nSPS) is 15.8. The third kappa shape index (κ3) is 4.12. The van der Waals surface area contributed by atoms with Gasteiger partial charge in [-0.15, -0.1) is 0 Å². The van der Waals surface area contributed by atoms with Crippen LogP contribution in [-0.4, -0.2) is 5.11 Å². The van der Waals surface area contributed by atoms with Crippen molar-refractivity contribution in [1.82, 2.24) is 0 Å². The zero-order chi connectivity index (χ0) is 42.8. The maximum absolute atomic E-state index is 10.4. The summed E-state index contributed by atoms with van der Waals surface area (Å²) in [5.41, 5.74) is 0.335. The lowest BCUT2D eigenvalue weighted by Gasteiger charge is -2.20. The molecule has 0 fully saturated rings. The van der Waals surface area contributed by atoms with Gasteiger partial charge in [-0.25, -0.2) is 0 Å². The van der Waals surface area contributed by atoms with Crippen molar-refractivity contribution in [3.05, 3.63) is 163 Å². The summed E-state index contributed by atoms with van der Waals surface area (Å²) in [7, 11) is 0. The predicted molar refractivity (Wildman–Crippen MR) is 192 cm³/mol. The Hall–Kier alpha value is -6.12. The smallest absolute Gasteiger partial charge is 0.136 e. The van der Waals surface area contributed by atoms with Crippen LogP contribution in [0.25, 0.3) is 88.0 Å². The summed E-state index contributed by atoms with van der Waals surface area (Å²) in [6.45, 7) is 0. The molecule has 0 bridgehead atoms. The van der Waals surface area contributed by atoms with E-state index in [0.29, 0.717) is 32.7 Å². The van der Waals surface area contributed by atoms with Gasteiger partial charge in [0.05, 0.1) is 19.2 Å². The van der Waals surface area contributed by atoms with Crippen LogP contribution in [-0.2, 0) is 0 Å². The van der Waals surface area contributed by atoms with Gasteiger partial charge in [0.15, 0.2) is 0 Å². The average molecular weight is 603 g/mol. The lowest BCUT2D eigenvalue weighted by Crippen LogP contribution is -1.93. The number of aromatic hydroxyl groups is 1. The highest BCUT2D eigenvalue weighted by Crippen LogP contribution is 2.48. The number of phenolic OH excluding ortho intramolecular Hbond substituents is 1. The van der Waals surface area contributed by atoms with Gasteiger partial charge < -0.3 is 9.52 Å². The van der Waals surface area contributed by atoms with Gasteiger partial charge in [-0.3, -0.25) is 0 Å². The molecule has 1 N–H and O–H groups in total. The summed E-state index contributed by atoms with van der Waals surface area (Å²) in [5.74, 6) is -0.914. The first-order chi connectivity index (χ1) is 28.6. The van der Waals surface area contributed by atoms with Gasteiger partial charge in [-0.2, -0.15) is 0 Å². The van der Waals surface area contributed by atoms with E-state index < -0.39 is 77.8 Å². The Labute approximate surface area is 286 Å². The average Bonchev–Trinajstić information content (AvgIpc) is 3.66. The molecule has 0 spiro atoms. The number of hydrogen-bond donors (Lipinski definition) is 1. The van der Waals surface area contributed by atoms with Gasteiger partial charge in [-0.05, 0) is 96.3 Å². The van der Waals surface area contributed by atoms with E-state index in [4.69, 9.17) is 19.5 Å². The van der Waals surface area contributed by atoms with E-state index >= 15 is 0 Å². The lowest BCUT2D eigenvalue weighted by molar-refractivity contribution is 0.475. The highest BCUT2D eigenvalue weighted by Gasteiger charge is 2.21. The number of para-hydroxylation sites is 1. The van der Waals surface area contributed by atoms with Crippen molar-refractivity contribution in [2.45, 2.75) is 0 Å². The molecular formula is C44H28O2. The third-order valence-corrected chi connectivity index (χ3v) is 8.12. The minimum Gasteiger partial charge on any atom is -0.508 e. The first kappa shape index (κ1) is 15.7. The van der Waals surface area contributed by atoms with Crippen molar-refractivity contribution in [1.29, 1.82) is 0 Å². The van der Waals surface area contributed by atoms with Crippen LogP contribution >= 0.6 is 0 Å². The molecule has 9 rings (SSSR count). The van der Waals surface area contributed by atoms with Gasteiger partial charge in [0.1, 0.15) is 16.9 Å². The SMILES string of the molecule is [2H]c1c([2H])c([2H])c(-c2c3ccccc3c(-c3c([2H])c(-c4ccccc4)c4c(oc5c([2H])c([2H])c([2H])c([2H])c54)c3[2H])c3ccccc23)c(-c2c([2H])c([2H])c(O)c([2H])c2[2H])c1[2H]. The van der Waals surface area contributed by atoms with Crippen LogP contribution < -0.4 is 0 Å². The number of furan rings is 1. The first-order valence-electron chi connectivity index (χ1n) is 21.4. The monoisotopic (exact) mass is 602 g/mol. The molecule has 0 radical (unpaired) electrons. The number of benzene rings is 8. The molecule has 0 saturated carbocycles. The topological polar surface area (TPSA) is 33.4 Å². The standard InChI is InChI=1S/C44H28O2/c45-31-24-22-29(23-25-31)32-14-4-5-15-33(32)43-36-18-8-6-16-34(36)42(35-17-7-9-19-37(35)43)30-26-39(28-12-2-1-3-13-28)44-38-20-10-11-21-40(38)46-41(44)27-30/h1-27,45H/i4D,5D,10D,11D,14D,15D,20D,21D,22D,23D,24D,25D,26D,27D. The van der Waals surface area contributed by atoms with Crippen LogP contribution in [0, 0.1) is 0 Å². The lowest BCUT2D eigenvalue weighted by atomic mass is 9.83. The molecule has 1 heterocycles. The highest BCUT2D eigenvalue weighted by atomic mass is 16.3. The Morgan fingerprint density at radius 2 is 1.02 bits per heavy atom. The molecular weight excluding hydrogens is 560 g/mol. The minimum absolute atomic E-state index is 0.0302. The van der Waals surface area contributed by atoms with Gasteiger partial charge >= 0.3 is 0 Å². The molecule has 0 unspecified atom stereocenters. The molecule has 0 amide bonds. The third-order valence-electron chi connectivity index (χ3n) is 8.12. The second-order valence-corrected chi connectivity index (χ2v) is 10.7. The Morgan fingerprint density at radius 3 is 1.72 bits per heavy atom. The number of rotatable bonds is 4. The molecule has 9 aromatic rings. The summed E-state index contributed by atoms with van der Waals surface area (Å²) in [4.78, 5) is 0. The molecule has 0 aliphatic heterocycles. The van der Waals surface area contributed by atoms with E-state index in [0.717, 1.165) is 0 Å².